The van der Waals surface area contributed by atoms with Gasteiger partial charge < -0.3 is 10.1 Å². The largest absolute Gasteiger partial charge is 0.481 e. The Morgan fingerprint density at radius 2 is 2.06 bits per heavy atom. The summed E-state index contributed by atoms with van der Waals surface area (Å²) in [6.45, 7) is 0. The van der Waals surface area contributed by atoms with Gasteiger partial charge in [0, 0.05) is 4.47 Å². The zero-order valence-corrected chi connectivity index (χ0v) is 11.3. The van der Waals surface area contributed by atoms with Crippen LogP contribution in [0, 0.1) is 0 Å². The SMILES string of the molecule is Brc1ccc2c(c1)NC1Cc3ccccc3C1O2. The summed E-state index contributed by atoms with van der Waals surface area (Å²) in [5.41, 5.74) is 3.80. The van der Waals surface area contributed by atoms with Gasteiger partial charge in [0.05, 0.1) is 11.7 Å². The summed E-state index contributed by atoms with van der Waals surface area (Å²) in [4.78, 5) is 0. The number of fused-ring (bicyclic) bond motifs is 4. The van der Waals surface area contributed by atoms with Gasteiger partial charge in [0.25, 0.3) is 0 Å². The van der Waals surface area contributed by atoms with Crippen LogP contribution in [0.15, 0.2) is 46.9 Å². The third-order valence-electron chi connectivity index (χ3n) is 3.70. The van der Waals surface area contributed by atoms with Crippen LogP contribution in [0.1, 0.15) is 17.2 Å². The molecule has 1 aliphatic carbocycles. The first-order valence-electron chi connectivity index (χ1n) is 6.12. The van der Waals surface area contributed by atoms with E-state index < -0.39 is 0 Å². The average molecular weight is 302 g/mol. The van der Waals surface area contributed by atoms with Crippen molar-refractivity contribution in [1.29, 1.82) is 0 Å². The Bertz CT molecular complexity index is 626. The predicted octanol–water partition coefficient (Wildman–Crippen LogP) is 3.92. The van der Waals surface area contributed by atoms with Gasteiger partial charge in [-0.25, -0.2) is 0 Å². The average Bonchev–Trinajstić information content (AvgIpc) is 2.73. The number of hydrogen-bond acceptors (Lipinski definition) is 2. The molecule has 4 rings (SSSR count). The lowest BCUT2D eigenvalue weighted by atomic mass is 10.1. The van der Waals surface area contributed by atoms with Crippen LogP contribution in [0.3, 0.4) is 0 Å². The highest BCUT2D eigenvalue weighted by Crippen LogP contribution is 2.43. The summed E-state index contributed by atoms with van der Waals surface area (Å²) < 4.78 is 7.23. The van der Waals surface area contributed by atoms with E-state index in [2.05, 4.69) is 51.6 Å². The molecule has 90 valence electrons. The Labute approximate surface area is 114 Å². The third kappa shape index (κ3) is 1.47. The van der Waals surface area contributed by atoms with Gasteiger partial charge in [-0.1, -0.05) is 40.2 Å². The van der Waals surface area contributed by atoms with E-state index in [0.717, 1.165) is 22.3 Å². The van der Waals surface area contributed by atoms with E-state index in [1.807, 2.05) is 12.1 Å². The van der Waals surface area contributed by atoms with Crippen molar-refractivity contribution in [2.75, 3.05) is 5.32 Å². The Kier molecular flexibility index (Phi) is 2.18. The van der Waals surface area contributed by atoms with Crippen LogP contribution < -0.4 is 10.1 Å². The number of hydrogen-bond donors (Lipinski definition) is 1. The molecule has 3 heteroatoms. The zero-order chi connectivity index (χ0) is 12.1. The molecular formula is C15H12BrNO. The first-order chi connectivity index (χ1) is 8.81. The first-order valence-corrected chi connectivity index (χ1v) is 6.91. The summed E-state index contributed by atoms with van der Waals surface area (Å²) >= 11 is 3.50. The number of anilines is 1. The molecule has 1 heterocycles. The Hall–Kier alpha value is -1.48. The number of nitrogens with one attached hydrogen (secondary N) is 1. The van der Waals surface area contributed by atoms with E-state index in [1.54, 1.807) is 0 Å². The van der Waals surface area contributed by atoms with Gasteiger partial charge in [0.15, 0.2) is 0 Å². The second kappa shape index (κ2) is 3.75. The second-order valence-corrected chi connectivity index (χ2v) is 5.75. The first kappa shape index (κ1) is 10.4. The number of ether oxygens (including phenoxy) is 1. The molecule has 0 bridgehead atoms. The quantitative estimate of drug-likeness (QED) is 0.796. The smallest absolute Gasteiger partial charge is 0.144 e. The second-order valence-electron chi connectivity index (χ2n) is 4.83. The van der Waals surface area contributed by atoms with E-state index in [-0.39, 0.29) is 6.10 Å². The molecule has 0 saturated heterocycles. The van der Waals surface area contributed by atoms with Crippen molar-refractivity contribution < 1.29 is 4.74 Å². The van der Waals surface area contributed by atoms with Crippen LogP contribution in [-0.4, -0.2) is 6.04 Å². The molecule has 18 heavy (non-hydrogen) atoms. The Morgan fingerprint density at radius 1 is 1.17 bits per heavy atom. The molecule has 0 fully saturated rings. The van der Waals surface area contributed by atoms with Crippen LogP contribution in [0.25, 0.3) is 0 Å². The fourth-order valence-electron chi connectivity index (χ4n) is 2.88. The lowest BCUT2D eigenvalue weighted by Crippen LogP contribution is -2.32. The molecule has 2 aliphatic rings. The molecule has 0 radical (unpaired) electrons. The minimum Gasteiger partial charge on any atom is -0.481 e. The van der Waals surface area contributed by atoms with Crippen LogP contribution >= 0.6 is 15.9 Å². The van der Waals surface area contributed by atoms with E-state index in [0.29, 0.717) is 6.04 Å². The number of halogens is 1. The van der Waals surface area contributed by atoms with Crippen molar-refractivity contribution >= 4 is 21.6 Å². The minimum atomic E-state index is 0.148. The van der Waals surface area contributed by atoms with Crippen molar-refractivity contribution in [3.8, 4) is 5.75 Å². The summed E-state index contributed by atoms with van der Waals surface area (Å²) in [5, 5.41) is 3.59. The fraction of sp³-hybridized carbons (Fsp3) is 0.200. The molecule has 0 saturated carbocycles. The van der Waals surface area contributed by atoms with Crippen molar-refractivity contribution in [2.45, 2.75) is 18.6 Å². The Morgan fingerprint density at radius 3 is 3.00 bits per heavy atom. The molecule has 0 aromatic heterocycles. The van der Waals surface area contributed by atoms with E-state index >= 15 is 0 Å². The predicted molar refractivity (Wildman–Crippen MR) is 75.1 cm³/mol. The maximum Gasteiger partial charge on any atom is 0.144 e. The molecule has 2 aromatic rings. The van der Waals surface area contributed by atoms with Crippen LogP contribution in [-0.2, 0) is 6.42 Å². The number of rotatable bonds is 0. The molecule has 0 amide bonds. The van der Waals surface area contributed by atoms with Crippen LogP contribution in [0.5, 0.6) is 5.75 Å². The normalized spacial score (nSPS) is 23.4. The van der Waals surface area contributed by atoms with E-state index in [4.69, 9.17) is 4.74 Å². The van der Waals surface area contributed by atoms with Gasteiger partial charge in [-0.05, 0) is 35.7 Å². The van der Waals surface area contributed by atoms with Gasteiger partial charge in [0.1, 0.15) is 11.9 Å². The Balaban J connectivity index is 1.77. The maximum atomic E-state index is 6.15. The summed E-state index contributed by atoms with van der Waals surface area (Å²) in [6.07, 6.45) is 1.18. The summed E-state index contributed by atoms with van der Waals surface area (Å²) in [7, 11) is 0. The summed E-state index contributed by atoms with van der Waals surface area (Å²) in [5.74, 6) is 0.941. The van der Waals surface area contributed by atoms with Crippen molar-refractivity contribution in [2.24, 2.45) is 0 Å². The minimum absolute atomic E-state index is 0.148. The molecule has 2 atom stereocenters. The van der Waals surface area contributed by atoms with Crippen LogP contribution in [0.2, 0.25) is 0 Å². The highest BCUT2D eigenvalue weighted by molar-refractivity contribution is 9.10. The van der Waals surface area contributed by atoms with Crippen molar-refractivity contribution in [1.82, 2.24) is 0 Å². The molecule has 1 aliphatic heterocycles. The number of benzene rings is 2. The van der Waals surface area contributed by atoms with Gasteiger partial charge in [-0.15, -0.1) is 0 Å². The van der Waals surface area contributed by atoms with Gasteiger partial charge in [0.2, 0.25) is 0 Å². The molecule has 0 spiro atoms. The molecule has 2 nitrogen and oxygen atoms in total. The lowest BCUT2D eigenvalue weighted by Gasteiger charge is -2.31. The topological polar surface area (TPSA) is 21.3 Å². The van der Waals surface area contributed by atoms with Gasteiger partial charge in [-0.2, -0.15) is 0 Å². The summed E-state index contributed by atoms with van der Waals surface area (Å²) in [6, 6.07) is 15.0. The molecule has 1 N–H and O–H groups in total. The maximum absolute atomic E-state index is 6.15. The lowest BCUT2D eigenvalue weighted by molar-refractivity contribution is 0.183. The third-order valence-corrected chi connectivity index (χ3v) is 4.20. The van der Waals surface area contributed by atoms with E-state index in [1.165, 1.54) is 11.1 Å². The highest BCUT2D eigenvalue weighted by atomic mass is 79.9. The van der Waals surface area contributed by atoms with Crippen molar-refractivity contribution in [3.05, 3.63) is 58.1 Å². The molecular weight excluding hydrogens is 290 g/mol. The van der Waals surface area contributed by atoms with Crippen molar-refractivity contribution in [3.63, 3.8) is 0 Å². The van der Waals surface area contributed by atoms with Gasteiger partial charge >= 0.3 is 0 Å². The van der Waals surface area contributed by atoms with E-state index in [9.17, 15) is 0 Å². The highest BCUT2D eigenvalue weighted by Gasteiger charge is 2.37. The molecule has 2 aromatic carbocycles. The van der Waals surface area contributed by atoms with Crippen LogP contribution in [0.4, 0.5) is 5.69 Å². The zero-order valence-electron chi connectivity index (χ0n) is 9.69. The fourth-order valence-corrected chi connectivity index (χ4v) is 3.25. The van der Waals surface area contributed by atoms with Gasteiger partial charge in [-0.3, -0.25) is 0 Å². The standard InChI is InChI=1S/C15H12BrNO/c16-10-5-6-14-12(8-10)17-13-7-9-3-1-2-4-11(9)15(13)18-14/h1-6,8,13,15,17H,7H2. The monoisotopic (exact) mass is 301 g/mol. The molecule has 2 unspecified atom stereocenters.